The summed E-state index contributed by atoms with van der Waals surface area (Å²) in [6.07, 6.45) is -2.13. The normalized spacial score (nSPS) is 13.3. The molecule has 0 aromatic heterocycles. The summed E-state index contributed by atoms with van der Waals surface area (Å²) in [7, 11) is 1.44. The monoisotopic (exact) mass is 230 g/mol. The molecule has 1 N–H and O–H groups in total. The van der Waals surface area contributed by atoms with E-state index in [1.807, 2.05) is 0 Å². The van der Waals surface area contributed by atoms with E-state index < -0.39 is 17.8 Å². The van der Waals surface area contributed by atoms with Crippen molar-refractivity contribution < 1.29 is 23.4 Å². The summed E-state index contributed by atoms with van der Waals surface area (Å²) in [5, 5.41) is 9.37. The van der Waals surface area contributed by atoms with Crippen LogP contribution < -0.4 is 4.74 Å². The number of carbonyl (C=O) groups excluding carboxylic acids is 1. The first-order valence-electron chi connectivity index (χ1n) is 4.60. The van der Waals surface area contributed by atoms with Gasteiger partial charge in [0.1, 0.15) is 11.9 Å². The third kappa shape index (κ3) is 2.36. The maximum absolute atomic E-state index is 13.2. The van der Waals surface area contributed by atoms with Gasteiger partial charge in [-0.15, -0.1) is 0 Å². The molecule has 88 valence electrons. The Kier molecular flexibility index (Phi) is 3.59. The Balaban J connectivity index is 2.96. The molecule has 0 aliphatic rings. The lowest BCUT2D eigenvalue weighted by Gasteiger charge is -2.20. The van der Waals surface area contributed by atoms with Crippen LogP contribution in [-0.2, 0) is 4.79 Å². The Morgan fingerprint density at radius 1 is 1.38 bits per heavy atom. The second kappa shape index (κ2) is 4.57. The standard InChI is InChI=1S/C11H12F2O3/c1-7(14)11(12,13)10(15)8-3-5-9(16-2)6-4-8/h3-6,10,15H,1-2H3/t10-/m1/s1. The molecule has 16 heavy (non-hydrogen) atoms. The molecule has 0 bridgehead atoms. The minimum Gasteiger partial charge on any atom is -0.497 e. The lowest BCUT2D eigenvalue weighted by Crippen LogP contribution is -2.33. The van der Waals surface area contributed by atoms with Crippen LogP contribution in [0.4, 0.5) is 8.78 Å². The zero-order chi connectivity index (χ0) is 12.3. The van der Waals surface area contributed by atoms with E-state index >= 15 is 0 Å². The number of aliphatic hydroxyl groups is 1. The van der Waals surface area contributed by atoms with E-state index in [1.54, 1.807) is 0 Å². The van der Waals surface area contributed by atoms with E-state index in [0.717, 1.165) is 6.92 Å². The highest BCUT2D eigenvalue weighted by atomic mass is 19.3. The SMILES string of the molecule is COc1ccc([C@@H](O)C(F)(F)C(C)=O)cc1. The van der Waals surface area contributed by atoms with Crippen LogP contribution in [-0.4, -0.2) is 23.9 Å². The van der Waals surface area contributed by atoms with Crippen LogP contribution in [0.1, 0.15) is 18.6 Å². The third-order valence-corrected chi connectivity index (χ3v) is 2.24. The highest BCUT2D eigenvalue weighted by Gasteiger charge is 2.44. The van der Waals surface area contributed by atoms with Crippen molar-refractivity contribution in [3.8, 4) is 5.75 Å². The number of halogens is 2. The van der Waals surface area contributed by atoms with Crippen molar-refractivity contribution in [2.24, 2.45) is 0 Å². The van der Waals surface area contributed by atoms with Gasteiger partial charge in [0.05, 0.1) is 7.11 Å². The highest BCUT2D eigenvalue weighted by molar-refractivity contribution is 5.84. The zero-order valence-electron chi connectivity index (χ0n) is 8.91. The molecule has 3 nitrogen and oxygen atoms in total. The van der Waals surface area contributed by atoms with Crippen LogP contribution >= 0.6 is 0 Å². The number of rotatable bonds is 4. The van der Waals surface area contributed by atoms with Gasteiger partial charge in [0.15, 0.2) is 0 Å². The van der Waals surface area contributed by atoms with Crippen molar-refractivity contribution in [1.82, 2.24) is 0 Å². The summed E-state index contributed by atoms with van der Waals surface area (Å²) >= 11 is 0. The molecular formula is C11H12F2O3. The zero-order valence-corrected chi connectivity index (χ0v) is 8.91. The number of hydrogen-bond acceptors (Lipinski definition) is 3. The largest absolute Gasteiger partial charge is 0.497 e. The molecule has 0 radical (unpaired) electrons. The average molecular weight is 230 g/mol. The Morgan fingerprint density at radius 3 is 2.25 bits per heavy atom. The van der Waals surface area contributed by atoms with Gasteiger partial charge >= 0.3 is 5.92 Å². The van der Waals surface area contributed by atoms with Gasteiger partial charge in [-0.05, 0) is 17.7 Å². The summed E-state index contributed by atoms with van der Waals surface area (Å²) in [5.74, 6) is -4.65. The van der Waals surface area contributed by atoms with Gasteiger partial charge in [-0.3, -0.25) is 4.79 Å². The first-order chi connectivity index (χ1) is 7.39. The topological polar surface area (TPSA) is 46.5 Å². The average Bonchev–Trinajstić information content (AvgIpc) is 2.28. The number of alkyl halides is 2. The molecular weight excluding hydrogens is 218 g/mol. The highest BCUT2D eigenvalue weighted by Crippen LogP contribution is 2.32. The van der Waals surface area contributed by atoms with Crippen LogP contribution in [0.5, 0.6) is 5.75 Å². The minimum absolute atomic E-state index is 0.0269. The Morgan fingerprint density at radius 2 is 1.88 bits per heavy atom. The summed E-state index contributed by atoms with van der Waals surface area (Å²) < 4.78 is 31.2. The van der Waals surface area contributed by atoms with E-state index in [0.29, 0.717) is 5.75 Å². The van der Waals surface area contributed by atoms with Gasteiger partial charge in [0.2, 0.25) is 5.78 Å². The van der Waals surface area contributed by atoms with Gasteiger partial charge in [-0.25, -0.2) is 0 Å². The number of benzene rings is 1. The number of methoxy groups -OCH3 is 1. The van der Waals surface area contributed by atoms with E-state index in [-0.39, 0.29) is 5.56 Å². The number of carbonyl (C=O) groups is 1. The van der Waals surface area contributed by atoms with E-state index in [9.17, 15) is 18.7 Å². The fourth-order valence-corrected chi connectivity index (χ4v) is 1.19. The Hall–Kier alpha value is -1.49. The van der Waals surface area contributed by atoms with Gasteiger partial charge in [0, 0.05) is 6.92 Å². The van der Waals surface area contributed by atoms with E-state index in [2.05, 4.69) is 0 Å². The molecule has 0 aliphatic heterocycles. The summed E-state index contributed by atoms with van der Waals surface area (Å²) in [4.78, 5) is 10.7. The number of ketones is 1. The first-order valence-corrected chi connectivity index (χ1v) is 4.60. The Labute approximate surface area is 91.7 Å². The third-order valence-electron chi connectivity index (χ3n) is 2.24. The maximum atomic E-state index is 13.2. The molecule has 1 aromatic rings. The molecule has 0 saturated carbocycles. The van der Waals surface area contributed by atoms with Crippen LogP contribution in [0.15, 0.2) is 24.3 Å². The van der Waals surface area contributed by atoms with Crippen LogP contribution in [0, 0.1) is 0 Å². The van der Waals surface area contributed by atoms with Crippen molar-refractivity contribution in [3.05, 3.63) is 29.8 Å². The number of ether oxygens (including phenoxy) is 1. The van der Waals surface area contributed by atoms with E-state index in [1.165, 1.54) is 31.4 Å². The number of aliphatic hydroxyl groups excluding tert-OH is 1. The summed E-state index contributed by atoms with van der Waals surface area (Å²) in [5.41, 5.74) is -0.0269. The molecule has 0 spiro atoms. The van der Waals surface area contributed by atoms with Gasteiger partial charge in [-0.1, -0.05) is 12.1 Å². The maximum Gasteiger partial charge on any atom is 0.334 e. The van der Waals surface area contributed by atoms with Crippen LogP contribution in [0.2, 0.25) is 0 Å². The number of hydrogen-bond donors (Lipinski definition) is 1. The molecule has 5 heteroatoms. The van der Waals surface area contributed by atoms with Crippen molar-refractivity contribution >= 4 is 5.78 Å². The van der Waals surface area contributed by atoms with Gasteiger partial charge in [-0.2, -0.15) is 8.78 Å². The Bertz CT molecular complexity index is 373. The van der Waals surface area contributed by atoms with Crippen LogP contribution in [0.25, 0.3) is 0 Å². The lowest BCUT2D eigenvalue weighted by molar-refractivity contribution is -0.159. The molecule has 0 aliphatic carbocycles. The molecule has 0 amide bonds. The molecule has 1 rings (SSSR count). The fraction of sp³-hybridized carbons (Fsp3) is 0.364. The number of Topliss-reactive ketones (excluding diaryl/α,β-unsaturated/α-hetero) is 1. The predicted molar refractivity (Wildman–Crippen MR) is 53.6 cm³/mol. The molecule has 1 aromatic carbocycles. The lowest BCUT2D eigenvalue weighted by atomic mass is 10.0. The molecule has 1 atom stereocenters. The molecule has 0 fully saturated rings. The van der Waals surface area contributed by atoms with Crippen molar-refractivity contribution in [2.45, 2.75) is 19.0 Å². The van der Waals surface area contributed by atoms with E-state index in [4.69, 9.17) is 4.74 Å². The second-order valence-corrected chi connectivity index (χ2v) is 3.35. The molecule has 0 saturated heterocycles. The minimum atomic E-state index is -3.77. The molecule has 0 heterocycles. The first kappa shape index (κ1) is 12.6. The summed E-state index contributed by atoms with van der Waals surface area (Å²) in [6.45, 7) is 0.743. The van der Waals surface area contributed by atoms with Crippen molar-refractivity contribution in [2.75, 3.05) is 7.11 Å². The van der Waals surface area contributed by atoms with Crippen molar-refractivity contribution in [3.63, 3.8) is 0 Å². The smallest absolute Gasteiger partial charge is 0.334 e. The van der Waals surface area contributed by atoms with Gasteiger partial charge in [0.25, 0.3) is 0 Å². The summed E-state index contributed by atoms with van der Waals surface area (Å²) in [6, 6.07) is 5.46. The van der Waals surface area contributed by atoms with Crippen molar-refractivity contribution in [1.29, 1.82) is 0 Å². The molecule has 0 unspecified atom stereocenters. The second-order valence-electron chi connectivity index (χ2n) is 3.35. The fourth-order valence-electron chi connectivity index (χ4n) is 1.19. The van der Waals surface area contributed by atoms with Gasteiger partial charge < -0.3 is 9.84 Å². The predicted octanol–water partition coefficient (Wildman–Crippen LogP) is 1.95. The quantitative estimate of drug-likeness (QED) is 0.859. The van der Waals surface area contributed by atoms with Crippen LogP contribution in [0.3, 0.4) is 0 Å².